The second-order valence-corrected chi connectivity index (χ2v) is 8.82. The summed E-state index contributed by atoms with van der Waals surface area (Å²) in [7, 11) is -3.54. The van der Waals surface area contributed by atoms with Crippen LogP contribution in [0.1, 0.15) is 12.0 Å². The van der Waals surface area contributed by atoms with E-state index in [1.165, 1.54) is 40.9 Å². The molecule has 2 N–H and O–H groups in total. The predicted molar refractivity (Wildman–Crippen MR) is 111 cm³/mol. The standard InChI is InChI=1S/C19H18FN3O3S2/c20-15-7-9-16(10-8-15)23-18(24)17(13-14-5-2-1-3-6-14)22-19(23)27-11-4-12-28(21,25)26/h1-3,5-10,13H,4,11-12H2,(H2,21,25,26)/b17-13+. The van der Waals surface area contributed by atoms with Crippen molar-refractivity contribution in [3.05, 3.63) is 71.7 Å². The lowest BCUT2D eigenvalue weighted by molar-refractivity contribution is -0.113. The first-order chi connectivity index (χ1) is 13.3. The van der Waals surface area contributed by atoms with Gasteiger partial charge >= 0.3 is 0 Å². The van der Waals surface area contributed by atoms with Crippen LogP contribution in [-0.4, -0.2) is 31.0 Å². The van der Waals surface area contributed by atoms with E-state index in [1.54, 1.807) is 6.08 Å². The quantitative estimate of drug-likeness (QED) is 0.575. The number of aliphatic imine (C=N–C) groups is 1. The minimum Gasteiger partial charge on any atom is -0.266 e. The first kappa shape index (κ1) is 20.2. The molecule has 2 aromatic rings. The summed E-state index contributed by atoms with van der Waals surface area (Å²) in [4.78, 5) is 18.7. The molecule has 0 spiro atoms. The van der Waals surface area contributed by atoms with E-state index in [-0.39, 0.29) is 17.4 Å². The molecule has 0 aromatic heterocycles. The highest BCUT2D eigenvalue weighted by molar-refractivity contribution is 8.14. The van der Waals surface area contributed by atoms with Crippen LogP contribution in [-0.2, 0) is 14.8 Å². The maximum atomic E-state index is 13.3. The molecule has 3 rings (SSSR count). The lowest BCUT2D eigenvalue weighted by atomic mass is 10.2. The van der Waals surface area contributed by atoms with E-state index < -0.39 is 15.8 Å². The van der Waals surface area contributed by atoms with Crippen LogP contribution in [0.15, 0.2) is 65.3 Å². The summed E-state index contributed by atoms with van der Waals surface area (Å²) in [5, 5.41) is 5.43. The number of amides is 1. The van der Waals surface area contributed by atoms with Gasteiger partial charge in [0.1, 0.15) is 11.5 Å². The third-order valence-corrected chi connectivity index (χ3v) is 5.70. The van der Waals surface area contributed by atoms with Gasteiger partial charge in [0, 0.05) is 5.75 Å². The number of carbonyl (C=O) groups excluding carboxylic acids is 1. The topological polar surface area (TPSA) is 92.8 Å². The number of hydrogen-bond donors (Lipinski definition) is 1. The molecule has 146 valence electrons. The molecule has 28 heavy (non-hydrogen) atoms. The average molecular weight is 420 g/mol. The molecule has 0 radical (unpaired) electrons. The Morgan fingerprint density at radius 2 is 1.79 bits per heavy atom. The van der Waals surface area contributed by atoms with Gasteiger partial charge in [-0.2, -0.15) is 0 Å². The molecule has 9 heteroatoms. The van der Waals surface area contributed by atoms with Crippen molar-refractivity contribution in [2.24, 2.45) is 10.1 Å². The maximum absolute atomic E-state index is 13.3. The molecule has 1 aliphatic heterocycles. The minimum absolute atomic E-state index is 0.148. The Hall–Kier alpha value is -2.49. The molecule has 6 nitrogen and oxygen atoms in total. The number of hydrogen-bond acceptors (Lipinski definition) is 5. The normalized spacial score (nSPS) is 15.9. The Kier molecular flexibility index (Phi) is 6.28. The first-order valence-corrected chi connectivity index (χ1v) is 11.1. The summed E-state index contributed by atoms with van der Waals surface area (Å²) in [5.41, 5.74) is 1.57. The van der Waals surface area contributed by atoms with Crippen LogP contribution in [0.25, 0.3) is 6.08 Å². The fourth-order valence-corrected chi connectivity index (χ4v) is 4.22. The zero-order chi connectivity index (χ0) is 20.1. The summed E-state index contributed by atoms with van der Waals surface area (Å²) in [5.74, 6) is -0.470. The molecule has 0 fully saturated rings. The zero-order valence-electron chi connectivity index (χ0n) is 14.8. The maximum Gasteiger partial charge on any atom is 0.283 e. The number of thioether (sulfide) groups is 1. The van der Waals surface area contributed by atoms with E-state index >= 15 is 0 Å². The van der Waals surface area contributed by atoms with E-state index in [0.717, 1.165) is 5.56 Å². The van der Waals surface area contributed by atoms with Crippen LogP contribution < -0.4 is 10.0 Å². The Morgan fingerprint density at radius 3 is 2.43 bits per heavy atom. The monoisotopic (exact) mass is 419 g/mol. The van der Waals surface area contributed by atoms with Gasteiger partial charge < -0.3 is 0 Å². The highest BCUT2D eigenvalue weighted by atomic mass is 32.2. The van der Waals surface area contributed by atoms with Gasteiger partial charge in [0.15, 0.2) is 5.17 Å². The van der Waals surface area contributed by atoms with Crippen LogP contribution in [0.3, 0.4) is 0 Å². The molecule has 0 saturated carbocycles. The zero-order valence-corrected chi connectivity index (χ0v) is 16.4. The minimum atomic E-state index is -3.54. The van der Waals surface area contributed by atoms with Crippen molar-refractivity contribution in [2.45, 2.75) is 6.42 Å². The van der Waals surface area contributed by atoms with E-state index in [1.807, 2.05) is 30.3 Å². The van der Waals surface area contributed by atoms with Crippen molar-refractivity contribution in [3.63, 3.8) is 0 Å². The van der Waals surface area contributed by atoms with Gasteiger partial charge in [-0.25, -0.2) is 22.9 Å². The lowest BCUT2D eigenvalue weighted by Gasteiger charge is -2.17. The van der Waals surface area contributed by atoms with Crippen LogP contribution >= 0.6 is 11.8 Å². The van der Waals surface area contributed by atoms with Crippen LogP contribution in [0.4, 0.5) is 10.1 Å². The third-order valence-electron chi connectivity index (χ3n) is 3.82. The SMILES string of the molecule is NS(=O)(=O)CCCSC1=N/C(=C/c2ccccc2)C(=O)N1c1ccc(F)cc1. The molecule has 0 bridgehead atoms. The molecule has 2 aromatic carbocycles. The van der Waals surface area contributed by atoms with Crippen molar-refractivity contribution in [1.29, 1.82) is 0 Å². The Labute approximate surface area is 167 Å². The summed E-state index contributed by atoms with van der Waals surface area (Å²) < 4.78 is 35.4. The van der Waals surface area contributed by atoms with Crippen molar-refractivity contribution in [2.75, 3.05) is 16.4 Å². The number of sulfonamides is 1. The molecule has 1 aliphatic rings. The van der Waals surface area contributed by atoms with Crippen molar-refractivity contribution in [3.8, 4) is 0 Å². The molecular weight excluding hydrogens is 401 g/mol. The van der Waals surface area contributed by atoms with E-state index in [9.17, 15) is 17.6 Å². The fraction of sp³-hybridized carbons (Fsp3) is 0.158. The van der Waals surface area contributed by atoms with Gasteiger partial charge in [0.2, 0.25) is 10.0 Å². The van der Waals surface area contributed by atoms with Crippen LogP contribution in [0.5, 0.6) is 0 Å². The van der Waals surface area contributed by atoms with Gasteiger partial charge in [-0.3, -0.25) is 9.69 Å². The largest absolute Gasteiger partial charge is 0.283 e. The van der Waals surface area contributed by atoms with Gasteiger partial charge in [-0.1, -0.05) is 42.1 Å². The number of carbonyl (C=O) groups is 1. The Balaban J connectivity index is 1.85. The Bertz CT molecular complexity index is 1020. The molecule has 0 atom stereocenters. The van der Waals surface area contributed by atoms with E-state index in [2.05, 4.69) is 4.99 Å². The number of benzene rings is 2. The van der Waals surface area contributed by atoms with Crippen molar-refractivity contribution >= 4 is 44.6 Å². The predicted octanol–water partition coefficient (Wildman–Crippen LogP) is 2.98. The molecule has 0 saturated heterocycles. The van der Waals surface area contributed by atoms with Crippen molar-refractivity contribution < 1.29 is 17.6 Å². The van der Waals surface area contributed by atoms with Gasteiger partial charge in [0.25, 0.3) is 5.91 Å². The molecule has 0 unspecified atom stereocenters. The summed E-state index contributed by atoms with van der Waals surface area (Å²) >= 11 is 1.25. The van der Waals surface area contributed by atoms with Gasteiger partial charge in [-0.05, 0) is 42.3 Å². The van der Waals surface area contributed by atoms with E-state index in [0.29, 0.717) is 23.0 Å². The molecule has 0 aliphatic carbocycles. The summed E-state index contributed by atoms with van der Waals surface area (Å²) in [6.45, 7) is 0. The molecular formula is C19H18FN3O3S2. The van der Waals surface area contributed by atoms with Crippen LogP contribution in [0.2, 0.25) is 0 Å². The Morgan fingerprint density at radius 1 is 1.11 bits per heavy atom. The van der Waals surface area contributed by atoms with Crippen LogP contribution in [0, 0.1) is 5.82 Å². The molecule has 1 amide bonds. The summed E-state index contributed by atoms with van der Waals surface area (Å²) in [6, 6.07) is 14.8. The number of anilines is 1. The number of nitrogens with two attached hydrogens (primary N) is 1. The number of halogens is 1. The van der Waals surface area contributed by atoms with E-state index in [4.69, 9.17) is 5.14 Å². The third kappa shape index (κ3) is 5.28. The highest BCUT2D eigenvalue weighted by Crippen LogP contribution is 2.29. The first-order valence-electron chi connectivity index (χ1n) is 8.42. The molecule has 1 heterocycles. The van der Waals surface area contributed by atoms with Gasteiger partial charge in [0.05, 0.1) is 11.4 Å². The number of amidine groups is 1. The second kappa shape index (κ2) is 8.68. The van der Waals surface area contributed by atoms with Crippen molar-refractivity contribution in [1.82, 2.24) is 0 Å². The number of rotatable bonds is 6. The average Bonchev–Trinajstić information content (AvgIpc) is 2.95. The second-order valence-electron chi connectivity index (χ2n) is 6.02. The number of nitrogens with zero attached hydrogens (tertiary/aromatic N) is 2. The summed E-state index contributed by atoms with van der Waals surface area (Å²) in [6.07, 6.45) is 2.00. The highest BCUT2D eigenvalue weighted by Gasteiger charge is 2.31. The smallest absolute Gasteiger partial charge is 0.266 e. The van der Waals surface area contributed by atoms with Gasteiger partial charge in [-0.15, -0.1) is 0 Å². The number of primary sulfonamides is 1. The fourth-order valence-electron chi connectivity index (χ4n) is 2.54. The lowest BCUT2D eigenvalue weighted by Crippen LogP contribution is -2.30.